The molecular weight excluding hydrogens is 559 g/mol. The van der Waals surface area contributed by atoms with Gasteiger partial charge < -0.3 is 19.5 Å². The fourth-order valence-corrected chi connectivity index (χ4v) is 7.52. The lowest BCUT2D eigenvalue weighted by atomic mass is 9.90. The fourth-order valence-electron chi connectivity index (χ4n) is 6.76. The van der Waals surface area contributed by atoms with E-state index < -0.39 is 0 Å². The van der Waals surface area contributed by atoms with Crippen molar-refractivity contribution in [2.24, 2.45) is 0 Å². The zero-order chi connectivity index (χ0) is 27.5. The third-order valence-corrected chi connectivity index (χ3v) is 10.6. The zero-order valence-corrected chi connectivity index (χ0v) is 25.9. The van der Waals surface area contributed by atoms with Gasteiger partial charge in [0.1, 0.15) is 6.61 Å². The van der Waals surface area contributed by atoms with Gasteiger partial charge >= 0.3 is 0 Å². The lowest BCUT2D eigenvalue weighted by Crippen LogP contribution is -2.47. The van der Waals surface area contributed by atoms with Crippen molar-refractivity contribution < 1.29 is 19.0 Å². The van der Waals surface area contributed by atoms with Crippen LogP contribution in [0.3, 0.4) is 0 Å². The van der Waals surface area contributed by atoms with E-state index in [-0.39, 0.29) is 30.0 Å². The Labute approximate surface area is 251 Å². The van der Waals surface area contributed by atoms with Gasteiger partial charge in [-0.2, -0.15) is 0 Å². The smallest absolute Gasteiger partial charge is 0.246 e. The topological polar surface area (TPSA) is 60.0 Å². The standard InChI is InChI=1S/C30H51Cl3N2O4/c31-22-1-11-27(12-2-22)37-19-17-35(18-20-38-28-13-3-23(32)4-14-28)26-9-7-25(8-10-26)34-30(36)21-39-29-15-5-24(33)6-16-29/h22-29H,1-21H2,(H,34,36). The third kappa shape index (κ3) is 11.8. The molecule has 39 heavy (non-hydrogen) atoms. The summed E-state index contributed by atoms with van der Waals surface area (Å²) >= 11 is 18.7. The molecule has 0 unspecified atom stereocenters. The van der Waals surface area contributed by atoms with Gasteiger partial charge in [0, 0.05) is 41.3 Å². The SMILES string of the molecule is O=C(COC1CCC(Cl)CC1)NC1CCC(N(CCOC2CCC(Cl)CC2)CCOC2CCC(Cl)CC2)CC1. The van der Waals surface area contributed by atoms with Gasteiger partial charge in [0.25, 0.3) is 0 Å². The number of nitrogens with zero attached hydrogens (tertiary/aromatic N) is 1. The molecule has 4 saturated carbocycles. The van der Waals surface area contributed by atoms with Crippen molar-refractivity contribution in [2.45, 2.75) is 149 Å². The van der Waals surface area contributed by atoms with Crippen LogP contribution in [0.2, 0.25) is 0 Å². The second-order valence-corrected chi connectivity index (χ2v) is 14.1. The van der Waals surface area contributed by atoms with E-state index in [9.17, 15) is 4.79 Å². The summed E-state index contributed by atoms with van der Waals surface area (Å²) in [7, 11) is 0. The van der Waals surface area contributed by atoms with E-state index in [1.54, 1.807) is 0 Å². The van der Waals surface area contributed by atoms with E-state index in [0.717, 1.165) is 129 Å². The van der Waals surface area contributed by atoms with E-state index in [4.69, 9.17) is 49.0 Å². The van der Waals surface area contributed by atoms with Crippen LogP contribution in [0.1, 0.15) is 103 Å². The molecule has 0 aromatic heterocycles. The molecule has 0 aliphatic heterocycles. The van der Waals surface area contributed by atoms with Gasteiger partial charge in [0.15, 0.2) is 0 Å². The van der Waals surface area contributed by atoms with Crippen LogP contribution in [0.25, 0.3) is 0 Å². The summed E-state index contributed by atoms with van der Waals surface area (Å²) < 4.78 is 18.4. The monoisotopic (exact) mass is 608 g/mol. The fraction of sp³-hybridized carbons (Fsp3) is 0.967. The Morgan fingerprint density at radius 3 is 1.44 bits per heavy atom. The van der Waals surface area contributed by atoms with Crippen LogP contribution in [0, 0.1) is 0 Å². The third-order valence-electron chi connectivity index (χ3n) is 9.30. The summed E-state index contributed by atoms with van der Waals surface area (Å²) in [6, 6.07) is 0.742. The van der Waals surface area contributed by atoms with Crippen molar-refractivity contribution in [1.82, 2.24) is 10.2 Å². The average molecular weight is 610 g/mol. The molecule has 9 heteroatoms. The van der Waals surface area contributed by atoms with Crippen molar-refractivity contribution >= 4 is 40.7 Å². The molecule has 4 fully saturated rings. The summed E-state index contributed by atoms with van der Waals surface area (Å²) in [5.74, 6) is 0.0171. The number of alkyl halides is 3. The summed E-state index contributed by atoms with van der Waals surface area (Å²) in [5.41, 5.74) is 0. The first kappa shape index (κ1) is 32.1. The minimum atomic E-state index is 0.0171. The zero-order valence-electron chi connectivity index (χ0n) is 23.7. The number of rotatable bonds is 13. The van der Waals surface area contributed by atoms with Crippen LogP contribution in [0.4, 0.5) is 0 Å². The predicted octanol–water partition coefficient (Wildman–Crippen LogP) is 6.42. The highest BCUT2D eigenvalue weighted by molar-refractivity contribution is 6.21. The number of hydrogen-bond donors (Lipinski definition) is 1. The summed E-state index contributed by atoms with van der Waals surface area (Å²) in [5, 5.41) is 4.13. The summed E-state index contributed by atoms with van der Waals surface area (Å²) in [6.07, 6.45) is 17.4. The normalized spacial score (nSPS) is 36.1. The van der Waals surface area contributed by atoms with Crippen LogP contribution in [-0.4, -0.2) is 90.2 Å². The average Bonchev–Trinajstić information content (AvgIpc) is 2.94. The Hall–Kier alpha value is 0.180. The number of halogens is 3. The molecular formula is C30H51Cl3N2O4. The number of amides is 1. The molecule has 226 valence electrons. The number of hydrogen-bond acceptors (Lipinski definition) is 5. The molecule has 4 aliphatic rings. The largest absolute Gasteiger partial charge is 0.377 e. The van der Waals surface area contributed by atoms with Crippen molar-refractivity contribution in [3.63, 3.8) is 0 Å². The van der Waals surface area contributed by atoms with Crippen LogP contribution < -0.4 is 5.32 Å². The molecule has 4 rings (SSSR count). The second kappa shape index (κ2) is 17.3. The predicted molar refractivity (Wildman–Crippen MR) is 159 cm³/mol. The maximum absolute atomic E-state index is 12.5. The minimum Gasteiger partial charge on any atom is -0.377 e. The van der Waals surface area contributed by atoms with Gasteiger partial charge in [-0.1, -0.05) is 0 Å². The molecule has 0 atom stereocenters. The molecule has 0 saturated heterocycles. The highest BCUT2D eigenvalue weighted by Gasteiger charge is 2.28. The van der Waals surface area contributed by atoms with Gasteiger partial charge in [-0.15, -0.1) is 34.8 Å². The lowest BCUT2D eigenvalue weighted by molar-refractivity contribution is -0.129. The summed E-state index contributed by atoms with van der Waals surface area (Å²) in [4.78, 5) is 15.1. The molecule has 4 aliphatic carbocycles. The van der Waals surface area contributed by atoms with Crippen molar-refractivity contribution in [1.29, 1.82) is 0 Å². The highest BCUT2D eigenvalue weighted by Crippen LogP contribution is 2.28. The molecule has 0 aromatic carbocycles. The van der Waals surface area contributed by atoms with Gasteiger partial charge in [-0.05, 0) is 103 Å². The Morgan fingerprint density at radius 2 is 1.00 bits per heavy atom. The van der Waals surface area contributed by atoms with E-state index in [2.05, 4.69) is 10.2 Å². The molecule has 0 radical (unpaired) electrons. The van der Waals surface area contributed by atoms with Crippen molar-refractivity contribution in [2.75, 3.05) is 32.9 Å². The second-order valence-electron chi connectivity index (χ2n) is 12.3. The van der Waals surface area contributed by atoms with Gasteiger partial charge in [0.05, 0.1) is 31.5 Å². The number of carbonyl (C=O) groups is 1. The molecule has 6 nitrogen and oxygen atoms in total. The van der Waals surface area contributed by atoms with E-state index >= 15 is 0 Å². The number of ether oxygens (including phenoxy) is 3. The molecule has 0 aromatic rings. The van der Waals surface area contributed by atoms with E-state index in [1.807, 2.05) is 0 Å². The quantitative estimate of drug-likeness (QED) is 0.244. The van der Waals surface area contributed by atoms with Crippen molar-refractivity contribution in [3.05, 3.63) is 0 Å². The van der Waals surface area contributed by atoms with Crippen molar-refractivity contribution in [3.8, 4) is 0 Å². The Bertz CT molecular complexity index is 660. The molecule has 0 bridgehead atoms. The van der Waals surface area contributed by atoms with Crippen LogP contribution in [0.5, 0.6) is 0 Å². The maximum Gasteiger partial charge on any atom is 0.246 e. The first-order valence-electron chi connectivity index (χ1n) is 15.7. The van der Waals surface area contributed by atoms with Gasteiger partial charge in [0.2, 0.25) is 5.91 Å². The van der Waals surface area contributed by atoms with E-state index in [0.29, 0.717) is 29.0 Å². The lowest BCUT2D eigenvalue weighted by Gasteiger charge is -2.38. The number of nitrogens with one attached hydrogen (secondary N) is 1. The molecule has 1 amide bonds. The molecule has 1 N–H and O–H groups in total. The minimum absolute atomic E-state index is 0.0171. The van der Waals surface area contributed by atoms with E-state index in [1.165, 1.54) is 0 Å². The van der Waals surface area contributed by atoms with Crippen LogP contribution in [0.15, 0.2) is 0 Å². The summed E-state index contributed by atoms with van der Waals surface area (Å²) in [6.45, 7) is 3.54. The Morgan fingerprint density at radius 1 is 0.590 bits per heavy atom. The Balaban J connectivity index is 1.17. The molecule has 0 spiro atoms. The maximum atomic E-state index is 12.5. The highest BCUT2D eigenvalue weighted by atomic mass is 35.5. The molecule has 0 heterocycles. The van der Waals surface area contributed by atoms with Gasteiger partial charge in [-0.3, -0.25) is 9.69 Å². The Kier molecular flexibility index (Phi) is 14.3. The number of carbonyl (C=O) groups excluding carboxylic acids is 1. The van der Waals surface area contributed by atoms with Gasteiger partial charge in [-0.25, -0.2) is 0 Å². The van der Waals surface area contributed by atoms with Crippen LogP contribution in [-0.2, 0) is 19.0 Å². The first-order valence-corrected chi connectivity index (χ1v) is 17.1. The van der Waals surface area contributed by atoms with Crippen LogP contribution >= 0.6 is 34.8 Å². The first-order chi connectivity index (χ1) is 18.9.